The van der Waals surface area contributed by atoms with Gasteiger partial charge in [0, 0.05) is 35.8 Å². The molecule has 3 aromatic heterocycles. The van der Waals surface area contributed by atoms with Gasteiger partial charge in [0.05, 0.1) is 22.3 Å². The van der Waals surface area contributed by atoms with Crippen LogP contribution in [0.2, 0.25) is 0 Å². The number of rotatable bonds is 2. The fourth-order valence-corrected chi connectivity index (χ4v) is 4.62. The zero-order chi connectivity index (χ0) is 22.7. The van der Waals surface area contributed by atoms with E-state index >= 15 is 4.39 Å². The van der Waals surface area contributed by atoms with Crippen LogP contribution < -0.4 is 15.4 Å². The van der Waals surface area contributed by atoms with E-state index in [2.05, 4.69) is 25.6 Å². The Bertz CT molecular complexity index is 1470. The van der Waals surface area contributed by atoms with Crippen molar-refractivity contribution in [3.63, 3.8) is 0 Å². The largest absolute Gasteiger partial charge is 0.474 e. The predicted octanol–water partition coefficient (Wildman–Crippen LogP) is 4.68. The highest BCUT2D eigenvalue weighted by atomic mass is 19.1. The number of anilines is 2. The Hall–Kier alpha value is -4.20. The number of nitrogens with one attached hydrogen (secondary N) is 3. The lowest BCUT2D eigenvalue weighted by atomic mass is 9.90. The number of H-pyrrole nitrogens is 1. The Morgan fingerprint density at radius 3 is 2.85 bits per heavy atom. The molecule has 0 radical (unpaired) electrons. The van der Waals surface area contributed by atoms with E-state index in [1.807, 2.05) is 32.0 Å². The van der Waals surface area contributed by atoms with E-state index in [0.717, 1.165) is 39.1 Å². The molecule has 0 saturated carbocycles. The summed E-state index contributed by atoms with van der Waals surface area (Å²) in [6.07, 6.45) is 5.16. The van der Waals surface area contributed by atoms with Crippen molar-refractivity contribution in [2.45, 2.75) is 13.8 Å². The summed E-state index contributed by atoms with van der Waals surface area (Å²) in [7, 11) is 0. The minimum absolute atomic E-state index is 0.201. The van der Waals surface area contributed by atoms with E-state index in [0.29, 0.717) is 35.7 Å². The van der Waals surface area contributed by atoms with Gasteiger partial charge in [-0.25, -0.2) is 9.37 Å². The fraction of sp³-hybridized carbons (Fsp3) is 0.160. The van der Waals surface area contributed by atoms with E-state index in [1.54, 1.807) is 18.5 Å². The molecule has 2 aliphatic rings. The number of ether oxygens (including phenoxy) is 1. The molecule has 1 aromatic carbocycles. The number of aromatic amines is 1. The molecule has 0 spiro atoms. The molecule has 4 aromatic rings. The van der Waals surface area contributed by atoms with E-state index in [9.17, 15) is 4.79 Å². The number of halogens is 1. The fourth-order valence-electron chi connectivity index (χ4n) is 4.62. The Balaban J connectivity index is 1.53. The van der Waals surface area contributed by atoms with Crippen molar-refractivity contribution in [2.75, 3.05) is 23.8 Å². The number of hydrogen-bond donors (Lipinski definition) is 3. The molecule has 5 heterocycles. The van der Waals surface area contributed by atoms with Crippen molar-refractivity contribution >= 4 is 40.0 Å². The summed E-state index contributed by atoms with van der Waals surface area (Å²) in [6, 6.07) is 7.09. The number of aromatic nitrogens is 3. The lowest BCUT2D eigenvalue weighted by molar-refractivity contribution is -0.110. The van der Waals surface area contributed by atoms with E-state index in [4.69, 9.17) is 4.74 Å². The molecule has 7 nitrogen and oxygen atoms in total. The highest BCUT2D eigenvalue weighted by Gasteiger charge is 2.31. The lowest BCUT2D eigenvalue weighted by Gasteiger charge is -2.22. The van der Waals surface area contributed by atoms with Gasteiger partial charge in [-0.15, -0.1) is 0 Å². The first-order valence-electron chi connectivity index (χ1n) is 10.7. The number of nitrogens with zero attached hydrogens (tertiary/aromatic N) is 2. The summed E-state index contributed by atoms with van der Waals surface area (Å²) < 4.78 is 20.8. The Morgan fingerprint density at radius 1 is 1.12 bits per heavy atom. The van der Waals surface area contributed by atoms with E-state index in [1.165, 1.54) is 6.07 Å². The average molecular weight is 441 g/mol. The number of carbonyl (C=O) groups excluding carboxylic acids is 1. The maximum atomic E-state index is 15.2. The normalized spacial score (nSPS) is 15.7. The standard InChI is InChI=1S/C25H20FN5O2/c1-12-15(17-11-29-25-22(13(17)2)28-6-7-33-25)10-18(26)23-21(12)16(24(32)31-23)8-14-9-20-19(30-14)4-3-5-27-20/h3-5,8-11,28,30H,6-7H2,1-2H3,(H,31,32). The van der Waals surface area contributed by atoms with Gasteiger partial charge >= 0.3 is 0 Å². The van der Waals surface area contributed by atoms with Gasteiger partial charge in [-0.3, -0.25) is 9.78 Å². The minimum Gasteiger partial charge on any atom is -0.474 e. The van der Waals surface area contributed by atoms with Crippen molar-refractivity contribution in [1.82, 2.24) is 15.0 Å². The Morgan fingerprint density at radius 2 is 2.00 bits per heavy atom. The summed E-state index contributed by atoms with van der Waals surface area (Å²) in [6.45, 7) is 5.09. The summed E-state index contributed by atoms with van der Waals surface area (Å²) in [5.41, 5.74) is 7.56. The number of fused-ring (bicyclic) bond motifs is 3. The van der Waals surface area contributed by atoms with Gasteiger partial charge < -0.3 is 20.4 Å². The second-order valence-corrected chi connectivity index (χ2v) is 8.21. The first kappa shape index (κ1) is 19.5. The molecule has 0 fully saturated rings. The number of benzene rings is 1. The highest BCUT2D eigenvalue weighted by molar-refractivity contribution is 6.35. The van der Waals surface area contributed by atoms with Crippen molar-refractivity contribution in [3.05, 3.63) is 64.9 Å². The highest BCUT2D eigenvalue weighted by Crippen LogP contribution is 2.44. The predicted molar refractivity (Wildman–Crippen MR) is 126 cm³/mol. The maximum absolute atomic E-state index is 15.2. The van der Waals surface area contributed by atoms with Crippen molar-refractivity contribution in [2.24, 2.45) is 0 Å². The van der Waals surface area contributed by atoms with Crippen LogP contribution in [0.4, 0.5) is 15.8 Å². The summed E-state index contributed by atoms with van der Waals surface area (Å²) >= 11 is 0. The second-order valence-electron chi connectivity index (χ2n) is 8.21. The molecule has 0 atom stereocenters. The van der Waals surface area contributed by atoms with Crippen LogP contribution in [-0.4, -0.2) is 34.0 Å². The van der Waals surface area contributed by atoms with Crippen molar-refractivity contribution in [3.8, 4) is 17.0 Å². The van der Waals surface area contributed by atoms with Crippen molar-refractivity contribution < 1.29 is 13.9 Å². The van der Waals surface area contributed by atoms with Crippen LogP contribution in [0.3, 0.4) is 0 Å². The lowest BCUT2D eigenvalue weighted by Crippen LogP contribution is -2.20. The van der Waals surface area contributed by atoms with E-state index < -0.39 is 5.82 Å². The summed E-state index contributed by atoms with van der Waals surface area (Å²) in [4.78, 5) is 24.9. The molecular weight excluding hydrogens is 421 g/mol. The molecule has 6 rings (SSSR count). The Labute approximate surface area is 188 Å². The average Bonchev–Trinajstić information content (AvgIpc) is 3.38. The zero-order valence-corrected chi connectivity index (χ0v) is 18.0. The molecule has 33 heavy (non-hydrogen) atoms. The van der Waals surface area contributed by atoms with Gasteiger partial charge in [-0.1, -0.05) is 0 Å². The molecule has 2 aliphatic heterocycles. The van der Waals surface area contributed by atoms with Crippen LogP contribution >= 0.6 is 0 Å². The monoisotopic (exact) mass is 441 g/mol. The quantitative estimate of drug-likeness (QED) is 0.393. The number of pyridine rings is 2. The van der Waals surface area contributed by atoms with Gasteiger partial charge in [0.1, 0.15) is 18.1 Å². The first-order valence-corrected chi connectivity index (χ1v) is 10.7. The van der Waals surface area contributed by atoms with Crippen LogP contribution in [0.15, 0.2) is 36.7 Å². The smallest absolute Gasteiger partial charge is 0.256 e. The van der Waals surface area contributed by atoms with Crippen LogP contribution in [0, 0.1) is 19.7 Å². The van der Waals surface area contributed by atoms with Crippen molar-refractivity contribution in [1.29, 1.82) is 0 Å². The third-order valence-electron chi connectivity index (χ3n) is 6.24. The Kier molecular flexibility index (Phi) is 4.23. The molecular formula is C25H20FN5O2. The van der Waals surface area contributed by atoms with Gasteiger partial charge in [-0.05, 0) is 60.9 Å². The molecule has 164 valence electrons. The van der Waals surface area contributed by atoms with E-state index in [-0.39, 0.29) is 11.6 Å². The second kappa shape index (κ2) is 7.16. The molecule has 3 N–H and O–H groups in total. The number of amides is 1. The van der Waals surface area contributed by atoms with Gasteiger partial charge in [0.2, 0.25) is 5.88 Å². The van der Waals surface area contributed by atoms with Gasteiger partial charge in [0.15, 0.2) is 0 Å². The molecule has 1 amide bonds. The summed E-state index contributed by atoms with van der Waals surface area (Å²) in [5.74, 6) is -0.278. The van der Waals surface area contributed by atoms with Gasteiger partial charge in [-0.2, -0.15) is 0 Å². The SMILES string of the molecule is Cc1c(-c2cc(F)c3c(c2C)C(=Cc2cc4ncccc4[nH]2)C(=O)N3)cnc2c1NCCO2. The molecule has 0 unspecified atom stereocenters. The zero-order valence-electron chi connectivity index (χ0n) is 18.0. The third-order valence-corrected chi connectivity index (χ3v) is 6.24. The van der Waals surface area contributed by atoms with Crippen LogP contribution in [-0.2, 0) is 4.79 Å². The van der Waals surface area contributed by atoms with Gasteiger partial charge in [0.25, 0.3) is 5.91 Å². The number of hydrogen-bond acceptors (Lipinski definition) is 5. The minimum atomic E-state index is -0.484. The molecule has 8 heteroatoms. The van der Waals surface area contributed by atoms with Crippen LogP contribution in [0.25, 0.3) is 33.8 Å². The molecule has 0 bridgehead atoms. The molecule has 0 saturated heterocycles. The third kappa shape index (κ3) is 2.98. The van der Waals surface area contributed by atoms with Crippen LogP contribution in [0.5, 0.6) is 5.88 Å². The van der Waals surface area contributed by atoms with Crippen LogP contribution in [0.1, 0.15) is 22.4 Å². The maximum Gasteiger partial charge on any atom is 0.256 e. The summed E-state index contributed by atoms with van der Waals surface area (Å²) in [5, 5.41) is 6.01. The topological polar surface area (TPSA) is 91.9 Å². The molecule has 0 aliphatic carbocycles. The number of carbonyl (C=O) groups is 1. The first-order chi connectivity index (χ1) is 16.0.